The molecule has 0 bridgehead atoms. The van der Waals surface area contributed by atoms with E-state index in [1.54, 1.807) is 11.1 Å². The van der Waals surface area contributed by atoms with E-state index in [4.69, 9.17) is 0 Å². The molecule has 0 saturated carbocycles. The summed E-state index contributed by atoms with van der Waals surface area (Å²) in [5.41, 5.74) is 4.63. The minimum absolute atomic E-state index is 0.782. The minimum Gasteiger partial charge on any atom is -0.0617 e. The molecule has 0 heterocycles. The highest BCUT2D eigenvalue weighted by Gasteiger charge is 2.31. The largest absolute Gasteiger partial charge is 0.0617 e. The maximum atomic E-state index is 2.32. The highest BCUT2D eigenvalue weighted by Crippen LogP contribution is 2.47. The van der Waals surface area contributed by atoms with Gasteiger partial charge >= 0.3 is 0 Å². The fourth-order valence-electron chi connectivity index (χ4n) is 2.15. The Morgan fingerprint density at radius 1 is 1.09 bits per heavy atom. The summed E-state index contributed by atoms with van der Waals surface area (Å²) in [5.74, 6) is 1.57. The van der Waals surface area contributed by atoms with Crippen molar-refractivity contribution in [1.29, 1.82) is 0 Å². The van der Waals surface area contributed by atoms with Crippen LogP contribution in [0.2, 0.25) is 0 Å². The topological polar surface area (TPSA) is 0 Å². The first-order valence-electron chi connectivity index (χ1n) is 4.31. The number of benzene rings is 1. The van der Waals surface area contributed by atoms with Gasteiger partial charge in [-0.15, -0.1) is 0 Å². The lowest BCUT2D eigenvalue weighted by Gasteiger charge is -2.36. The van der Waals surface area contributed by atoms with E-state index in [2.05, 4.69) is 39.0 Å². The lowest BCUT2D eigenvalue weighted by Crippen LogP contribution is -2.20. The lowest BCUT2D eigenvalue weighted by atomic mass is 9.68. The van der Waals surface area contributed by atoms with Crippen LogP contribution in [0.3, 0.4) is 0 Å². The first-order valence-corrected chi connectivity index (χ1v) is 4.31. The highest BCUT2D eigenvalue weighted by molar-refractivity contribution is 5.48. The number of hydrogen-bond donors (Lipinski definition) is 0. The van der Waals surface area contributed by atoms with Gasteiger partial charge in [-0.3, -0.25) is 0 Å². The average molecular weight is 146 g/mol. The second kappa shape index (κ2) is 2.10. The molecule has 58 valence electrons. The van der Waals surface area contributed by atoms with E-state index in [0.717, 1.165) is 11.8 Å². The normalized spacial score (nSPS) is 27.5. The molecule has 1 aliphatic carbocycles. The van der Waals surface area contributed by atoms with Gasteiger partial charge in [0.05, 0.1) is 0 Å². The molecule has 0 nitrogen and oxygen atoms in total. The molecule has 2 rings (SSSR count). The van der Waals surface area contributed by atoms with Gasteiger partial charge in [0.1, 0.15) is 0 Å². The van der Waals surface area contributed by atoms with E-state index in [1.165, 1.54) is 5.56 Å². The maximum Gasteiger partial charge on any atom is -0.0119 e. The first-order chi connectivity index (χ1) is 5.22. The summed E-state index contributed by atoms with van der Waals surface area (Å²) in [6, 6.07) is 6.63. The number of fused-ring (bicyclic) bond motifs is 1. The molecule has 0 saturated heterocycles. The number of rotatable bonds is 0. The Hall–Kier alpha value is -0.780. The predicted molar refractivity (Wildman–Crippen MR) is 48.0 cm³/mol. The lowest BCUT2D eigenvalue weighted by molar-refractivity contribution is 0.538. The van der Waals surface area contributed by atoms with Gasteiger partial charge < -0.3 is 0 Å². The van der Waals surface area contributed by atoms with Crippen molar-refractivity contribution in [2.75, 3.05) is 0 Å². The van der Waals surface area contributed by atoms with Crippen LogP contribution in [0.4, 0.5) is 0 Å². The monoisotopic (exact) mass is 146 g/mol. The molecule has 0 N–H and O–H groups in total. The quantitative estimate of drug-likeness (QED) is 0.527. The van der Waals surface area contributed by atoms with E-state index in [-0.39, 0.29) is 0 Å². The van der Waals surface area contributed by atoms with Crippen molar-refractivity contribution in [3.63, 3.8) is 0 Å². The molecule has 1 aromatic carbocycles. The van der Waals surface area contributed by atoms with Crippen LogP contribution in [0.5, 0.6) is 0 Å². The van der Waals surface area contributed by atoms with Gasteiger partial charge in [0.15, 0.2) is 0 Å². The van der Waals surface area contributed by atoms with Gasteiger partial charge in [-0.1, -0.05) is 32.0 Å². The van der Waals surface area contributed by atoms with Gasteiger partial charge in [0, 0.05) is 0 Å². The van der Waals surface area contributed by atoms with Crippen LogP contribution in [0.1, 0.15) is 42.4 Å². The molecule has 1 aromatic rings. The predicted octanol–water partition coefficient (Wildman–Crippen LogP) is 3.22. The van der Waals surface area contributed by atoms with Crippen molar-refractivity contribution in [3.05, 3.63) is 34.9 Å². The van der Waals surface area contributed by atoms with Gasteiger partial charge in [0.25, 0.3) is 0 Å². The van der Waals surface area contributed by atoms with E-state index < -0.39 is 0 Å². The molecule has 11 heavy (non-hydrogen) atoms. The fourth-order valence-corrected chi connectivity index (χ4v) is 2.15. The van der Waals surface area contributed by atoms with E-state index >= 15 is 0 Å². The highest BCUT2D eigenvalue weighted by atomic mass is 14.3. The molecule has 0 aliphatic heterocycles. The standard InChI is InChI=1S/C11H14/c1-7-5-4-6-10-8(2)9(3)11(7)10/h4-6,8-9H,1-3H3/t8-,9?/m1/s1. The molecule has 0 fully saturated rings. The third-order valence-electron chi connectivity index (χ3n) is 3.05. The Morgan fingerprint density at radius 2 is 1.82 bits per heavy atom. The summed E-state index contributed by atoms with van der Waals surface area (Å²) in [6.07, 6.45) is 0. The molecular weight excluding hydrogens is 132 g/mol. The summed E-state index contributed by atoms with van der Waals surface area (Å²) in [6.45, 7) is 6.84. The molecule has 0 aromatic heterocycles. The molecule has 0 spiro atoms. The molecule has 1 unspecified atom stereocenters. The SMILES string of the molecule is Cc1cccc2c1C(C)[C@H]2C. The summed E-state index contributed by atoms with van der Waals surface area (Å²) in [7, 11) is 0. The molecule has 0 heteroatoms. The zero-order valence-corrected chi connectivity index (χ0v) is 7.39. The van der Waals surface area contributed by atoms with Gasteiger partial charge in [0.2, 0.25) is 0 Å². The van der Waals surface area contributed by atoms with E-state index in [9.17, 15) is 0 Å². The van der Waals surface area contributed by atoms with Crippen LogP contribution in [-0.4, -0.2) is 0 Å². The molecule has 1 aliphatic rings. The van der Waals surface area contributed by atoms with Crippen LogP contribution in [0.25, 0.3) is 0 Å². The van der Waals surface area contributed by atoms with Crippen molar-refractivity contribution in [3.8, 4) is 0 Å². The minimum atomic E-state index is 0.782. The Kier molecular flexibility index (Phi) is 1.32. The third-order valence-corrected chi connectivity index (χ3v) is 3.05. The zero-order valence-electron chi connectivity index (χ0n) is 7.39. The van der Waals surface area contributed by atoms with Gasteiger partial charge in [-0.25, -0.2) is 0 Å². The van der Waals surface area contributed by atoms with Crippen LogP contribution in [0.15, 0.2) is 18.2 Å². The smallest absolute Gasteiger partial charge is 0.0119 e. The van der Waals surface area contributed by atoms with Crippen molar-refractivity contribution in [1.82, 2.24) is 0 Å². The van der Waals surface area contributed by atoms with Crippen molar-refractivity contribution < 1.29 is 0 Å². The Labute approximate surface area is 68.3 Å². The summed E-state index contributed by atoms with van der Waals surface area (Å²) in [5, 5.41) is 0. The maximum absolute atomic E-state index is 2.32. The van der Waals surface area contributed by atoms with Crippen molar-refractivity contribution >= 4 is 0 Å². The fraction of sp³-hybridized carbons (Fsp3) is 0.455. The molecule has 2 atom stereocenters. The van der Waals surface area contributed by atoms with Crippen LogP contribution < -0.4 is 0 Å². The summed E-state index contributed by atoms with van der Waals surface area (Å²) in [4.78, 5) is 0. The van der Waals surface area contributed by atoms with E-state index in [0.29, 0.717) is 0 Å². The second-order valence-electron chi connectivity index (χ2n) is 3.66. The van der Waals surface area contributed by atoms with Crippen molar-refractivity contribution in [2.24, 2.45) is 0 Å². The number of hydrogen-bond acceptors (Lipinski definition) is 0. The Bertz CT molecular complexity index is 286. The average Bonchev–Trinajstić information content (AvgIpc) is 2.03. The summed E-state index contributed by atoms with van der Waals surface area (Å²) < 4.78 is 0. The zero-order chi connectivity index (χ0) is 8.01. The van der Waals surface area contributed by atoms with E-state index in [1.807, 2.05) is 0 Å². The second-order valence-corrected chi connectivity index (χ2v) is 3.66. The van der Waals surface area contributed by atoms with Crippen LogP contribution in [0, 0.1) is 6.92 Å². The van der Waals surface area contributed by atoms with Gasteiger partial charge in [-0.05, 0) is 35.4 Å². The Morgan fingerprint density at radius 3 is 2.45 bits per heavy atom. The number of aryl methyl sites for hydroxylation is 1. The third kappa shape index (κ3) is 0.756. The van der Waals surface area contributed by atoms with Gasteiger partial charge in [-0.2, -0.15) is 0 Å². The summed E-state index contributed by atoms with van der Waals surface area (Å²) >= 11 is 0. The Balaban J connectivity index is 2.57. The molecular formula is C11H14. The molecule has 0 amide bonds. The van der Waals surface area contributed by atoms with Crippen molar-refractivity contribution in [2.45, 2.75) is 32.6 Å². The van der Waals surface area contributed by atoms with Crippen LogP contribution in [-0.2, 0) is 0 Å². The van der Waals surface area contributed by atoms with Crippen LogP contribution >= 0.6 is 0 Å². The first kappa shape index (κ1) is 6.90. The molecule has 0 radical (unpaired) electrons.